The molecular weight excluding hydrogens is 208 g/mol. The van der Waals surface area contributed by atoms with Gasteiger partial charge in [0, 0.05) is 22.8 Å². The monoisotopic (exact) mass is 224 g/mol. The van der Waals surface area contributed by atoms with E-state index in [9.17, 15) is 4.79 Å². The zero-order chi connectivity index (χ0) is 11.3. The molecule has 0 unspecified atom stereocenters. The van der Waals surface area contributed by atoms with Gasteiger partial charge in [0.25, 0.3) is 0 Å². The van der Waals surface area contributed by atoms with Gasteiger partial charge in [-0.25, -0.2) is 0 Å². The summed E-state index contributed by atoms with van der Waals surface area (Å²) in [5.74, 6) is 0.505. The largest absolute Gasteiger partial charge is 0.351 e. The topological polar surface area (TPSA) is 42.0 Å². The minimum atomic E-state index is -0.157. The highest BCUT2D eigenvalue weighted by Gasteiger charge is 2.13. The van der Waals surface area contributed by atoms with Crippen molar-refractivity contribution in [2.24, 2.45) is 0 Å². The molecule has 1 heterocycles. The first kappa shape index (κ1) is 12.0. The first-order chi connectivity index (χ1) is 6.97. The Labute approximate surface area is 94.7 Å². The van der Waals surface area contributed by atoms with Crippen LogP contribution in [0.15, 0.2) is 29.4 Å². The van der Waals surface area contributed by atoms with E-state index < -0.39 is 0 Å². The van der Waals surface area contributed by atoms with Gasteiger partial charge in [-0.3, -0.25) is 9.78 Å². The molecule has 0 aliphatic carbocycles. The normalized spacial score (nSPS) is 11.1. The fourth-order valence-corrected chi connectivity index (χ4v) is 1.72. The molecule has 0 aromatic carbocycles. The van der Waals surface area contributed by atoms with Gasteiger partial charge < -0.3 is 5.32 Å². The van der Waals surface area contributed by atoms with E-state index in [1.165, 1.54) is 11.8 Å². The maximum absolute atomic E-state index is 11.5. The van der Waals surface area contributed by atoms with Crippen LogP contribution < -0.4 is 5.32 Å². The third-order valence-corrected chi connectivity index (χ3v) is 2.55. The maximum Gasteiger partial charge on any atom is 0.230 e. The zero-order valence-electron chi connectivity index (χ0n) is 9.28. The van der Waals surface area contributed by atoms with Gasteiger partial charge in [-0.15, -0.1) is 11.8 Å². The second kappa shape index (κ2) is 5.16. The van der Waals surface area contributed by atoms with Crippen molar-refractivity contribution in [2.75, 3.05) is 5.75 Å². The van der Waals surface area contributed by atoms with Crippen LogP contribution in [0.5, 0.6) is 0 Å². The van der Waals surface area contributed by atoms with Gasteiger partial charge >= 0.3 is 0 Å². The van der Waals surface area contributed by atoms with E-state index in [2.05, 4.69) is 10.3 Å². The molecule has 1 aromatic heterocycles. The standard InChI is InChI=1S/C11H16N2OS/c1-11(2,3)13-10(14)8-15-9-4-6-12-7-5-9/h4-7H,8H2,1-3H3,(H,13,14). The van der Waals surface area contributed by atoms with Crippen molar-refractivity contribution in [3.63, 3.8) is 0 Å². The summed E-state index contributed by atoms with van der Waals surface area (Å²) in [7, 11) is 0. The number of nitrogens with zero attached hydrogens (tertiary/aromatic N) is 1. The van der Waals surface area contributed by atoms with Gasteiger partial charge in [-0.05, 0) is 32.9 Å². The second-order valence-corrected chi connectivity index (χ2v) is 5.32. The van der Waals surface area contributed by atoms with E-state index in [1.807, 2.05) is 32.9 Å². The molecule has 0 aliphatic rings. The fourth-order valence-electron chi connectivity index (χ4n) is 1.04. The summed E-state index contributed by atoms with van der Waals surface area (Å²) in [6.07, 6.45) is 3.45. The minimum absolute atomic E-state index is 0.0595. The van der Waals surface area contributed by atoms with Crippen molar-refractivity contribution >= 4 is 17.7 Å². The number of hydrogen-bond donors (Lipinski definition) is 1. The van der Waals surface area contributed by atoms with E-state index in [1.54, 1.807) is 12.4 Å². The predicted octanol–water partition coefficient (Wildman–Crippen LogP) is 2.09. The lowest BCUT2D eigenvalue weighted by atomic mass is 10.1. The smallest absolute Gasteiger partial charge is 0.230 e. The summed E-state index contributed by atoms with van der Waals surface area (Å²) in [5.41, 5.74) is -0.157. The van der Waals surface area contributed by atoms with Crippen LogP contribution in [-0.4, -0.2) is 22.2 Å². The Bertz CT molecular complexity index is 319. The molecule has 0 saturated carbocycles. The number of hydrogen-bond acceptors (Lipinski definition) is 3. The number of aromatic nitrogens is 1. The van der Waals surface area contributed by atoms with E-state index in [0.717, 1.165) is 4.90 Å². The molecule has 0 aliphatic heterocycles. The van der Waals surface area contributed by atoms with Crippen LogP contribution in [0.2, 0.25) is 0 Å². The number of nitrogens with one attached hydrogen (secondary N) is 1. The van der Waals surface area contributed by atoms with Crippen molar-refractivity contribution in [1.29, 1.82) is 0 Å². The number of pyridine rings is 1. The van der Waals surface area contributed by atoms with Gasteiger partial charge in [0.1, 0.15) is 0 Å². The SMILES string of the molecule is CC(C)(C)NC(=O)CSc1ccncc1. The van der Waals surface area contributed by atoms with Gasteiger partial charge in [0.05, 0.1) is 5.75 Å². The number of carbonyl (C=O) groups is 1. The van der Waals surface area contributed by atoms with Crippen molar-refractivity contribution in [1.82, 2.24) is 10.3 Å². The average molecular weight is 224 g/mol. The minimum Gasteiger partial charge on any atom is -0.351 e. The molecule has 4 heteroatoms. The molecule has 1 amide bonds. The Kier molecular flexibility index (Phi) is 4.15. The Hall–Kier alpha value is -1.03. The van der Waals surface area contributed by atoms with E-state index in [-0.39, 0.29) is 11.4 Å². The van der Waals surface area contributed by atoms with Crippen molar-refractivity contribution < 1.29 is 4.79 Å². The van der Waals surface area contributed by atoms with Crippen LogP contribution in [0, 0.1) is 0 Å². The van der Waals surface area contributed by atoms with Crippen LogP contribution in [0.4, 0.5) is 0 Å². The van der Waals surface area contributed by atoms with Gasteiger partial charge in [0.15, 0.2) is 0 Å². The average Bonchev–Trinajstić information content (AvgIpc) is 2.14. The maximum atomic E-state index is 11.5. The lowest BCUT2D eigenvalue weighted by Gasteiger charge is -2.20. The summed E-state index contributed by atoms with van der Waals surface area (Å²) in [4.78, 5) is 16.5. The first-order valence-corrected chi connectivity index (χ1v) is 5.80. The number of thioether (sulfide) groups is 1. The predicted molar refractivity (Wildman–Crippen MR) is 62.9 cm³/mol. The van der Waals surface area contributed by atoms with Crippen molar-refractivity contribution in [3.8, 4) is 0 Å². The first-order valence-electron chi connectivity index (χ1n) is 4.81. The molecular formula is C11H16N2OS. The molecule has 3 nitrogen and oxygen atoms in total. The molecule has 0 spiro atoms. The van der Waals surface area contributed by atoms with Crippen LogP contribution in [-0.2, 0) is 4.79 Å². The molecule has 0 radical (unpaired) electrons. The van der Waals surface area contributed by atoms with Gasteiger partial charge in [-0.2, -0.15) is 0 Å². The van der Waals surface area contributed by atoms with E-state index >= 15 is 0 Å². The van der Waals surface area contributed by atoms with Crippen LogP contribution >= 0.6 is 11.8 Å². The fraction of sp³-hybridized carbons (Fsp3) is 0.455. The summed E-state index contributed by atoms with van der Waals surface area (Å²) in [6, 6.07) is 3.80. The Morgan fingerprint density at radius 1 is 1.40 bits per heavy atom. The summed E-state index contributed by atoms with van der Waals surface area (Å²) in [6.45, 7) is 5.92. The number of rotatable bonds is 3. The molecule has 15 heavy (non-hydrogen) atoms. The van der Waals surface area contributed by atoms with Crippen molar-refractivity contribution in [3.05, 3.63) is 24.5 Å². The summed E-state index contributed by atoms with van der Waals surface area (Å²) in [5, 5.41) is 2.91. The van der Waals surface area contributed by atoms with Crippen LogP contribution in [0.1, 0.15) is 20.8 Å². The third-order valence-electron chi connectivity index (χ3n) is 1.53. The lowest BCUT2D eigenvalue weighted by Crippen LogP contribution is -2.41. The highest BCUT2D eigenvalue weighted by molar-refractivity contribution is 8.00. The van der Waals surface area contributed by atoms with Crippen LogP contribution in [0.25, 0.3) is 0 Å². The molecule has 0 saturated heterocycles. The molecule has 0 fully saturated rings. The van der Waals surface area contributed by atoms with Crippen molar-refractivity contribution in [2.45, 2.75) is 31.2 Å². The summed E-state index contributed by atoms with van der Waals surface area (Å²) >= 11 is 1.52. The highest BCUT2D eigenvalue weighted by Crippen LogP contribution is 2.15. The number of amides is 1. The zero-order valence-corrected chi connectivity index (χ0v) is 10.1. The third kappa shape index (κ3) is 5.42. The van der Waals surface area contributed by atoms with E-state index in [4.69, 9.17) is 0 Å². The second-order valence-electron chi connectivity index (χ2n) is 4.27. The lowest BCUT2D eigenvalue weighted by molar-refractivity contribution is -0.119. The molecule has 0 bridgehead atoms. The van der Waals surface area contributed by atoms with Gasteiger partial charge in [0.2, 0.25) is 5.91 Å². The Morgan fingerprint density at radius 2 is 2.00 bits per heavy atom. The molecule has 82 valence electrons. The highest BCUT2D eigenvalue weighted by atomic mass is 32.2. The molecule has 1 rings (SSSR count). The number of carbonyl (C=O) groups excluding carboxylic acids is 1. The van der Waals surface area contributed by atoms with Gasteiger partial charge in [-0.1, -0.05) is 0 Å². The Balaban J connectivity index is 2.35. The summed E-state index contributed by atoms with van der Waals surface area (Å²) < 4.78 is 0. The Morgan fingerprint density at radius 3 is 2.53 bits per heavy atom. The quantitative estimate of drug-likeness (QED) is 0.799. The molecule has 0 atom stereocenters. The van der Waals surface area contributed by atoms with Crippen LogP contribution in [0.3, 0.4) is 0 Å². The molecule has 1 aromatic rings. The molecule has 1 N–H and O–H groups in total. The van der Waals surface area contributed by atoms with E-state index in [0.29, 0.717) is 5.75 Å².